The molecule has 0 unspecified atom stereocenters. The van der Waals surface area contributed by atoms with Crippen LogP contribution in [-0.2, 0) is 0 Å². The van der Waals surface area contributed by atoms with Gasteiger partial charge in [-0.05, 0) is 6.42 Å². The van der Waals surface area contributed by atoms with Crippen LogP contribution in [0.2, 0.25) is 0 Å². The Hall–Kier alpha value is -0.730. The molecule has 58 valence electrons. The first kappa shape index (κ1) is 7.38. The number of likely N-dealkylation sites (N-methyl/N-ethyl adjacent to an activating group) is 1. The van der Waals surface area contributed by atoms with Gasteiger partial charge < -0.3 is 9.80 Å². The van der Waals surface area contributed by atoms with E-state index in [1.54, 1.807) is 4.90 Å². The lowest BCUT2D eigenvalue weighted by molar-refractivity contribution is 0.198. The van der Waals surface area contributed by atoms with Gasteiger partial charge in [-0.15, -0.1) is 0 Å². The molecule has 0 radical (unpaired) electrons. The molecule has 2 amide bonds. The molecule has 3 heteroatoms. The summed E-state index contributed by atoms with van der Waals surface area (Å²) in [5, 5.41) is 0. The third-order valence-electron chi connectivity index (χ3n) is 1.80. The van der Waals surface area contributed by atoms with Gasteiger partial charge in [0.15, 0.2) is 0 Å². The number of amides is 2. The van der Waals surface area contributed by atoms with Crippen molar-refractivity contribution in [2.24, 2.45) is 0 Å². The average molecular weight is 142 g/mol. The van der Waals surface area contributed by atoms with E-state index >= 15 is 0 Å². The smallest absolute Gasteiger partial charge is 0.319 e. The fraction of sp³-hybridized carbons (Fsp3) is 0.857. The highest BCUT2D eigenvalue weighted by atomic mass is 16.2. The van der Waals surface area contributed by atoms with Crippen LogP contribution in [0.3, 0.4) is 0 Å². The minimum atomic E-state index is 0.182. The number of carbonyl (C=O) groups excluding carboxylic acids is 1. The van der Waals surface area contributed by atoms with Crippen molar-refractivity contribution in [3.63, 3.8) is 0 Å². The normalized spacial score (nSPS) is 18.8. The van der Waals surface area contributed by atoms with E-state index in [4.69, 9.17) is 0 Å². The predicted molar refractivity (Wildman–Crippen MR) is 39.9 cm³/mol. The zero-order valence-corrected chi connectivity index (χ0v) is 6.63. The van der Waals surface area contributed by atoms with Crippen LogP contribution in [0, 0.1) is 0 Å². The molecule has 0 N–H and O–H groups in total. The van der Waals surface area contributed by atoms with E-state index in [1.807, 2.05) is 11.9 Å². The molecule has 1 rings (SSSR count). The van der Waals surface area contributed by atoms with Crippen molar-refractivity contribution in [2.45, 2.75) is 13.3 Å². The summed E-state index contributed by atoms with van der Waals surface area (Å²) in [6.07, 6.45) is 1.06. The Morgan fingerprint density at radius 2 is 2.20 bits per heavy atom. The first-order valence-corrected chi connectivity index (χ1v) is 3.75. The average Bonchev–Trinajstić information content (AvgIpc) is 2.20. The largest absolute Gasteiger partial charge is 0.326 e. The highest BCUT2D eigenvalue weighted by molar-refractivity contribution is 5.76. The second-order valence-electron chi connectivity index (χ2n) is 2.69. The molecular weight excluding hydrogens is 128 g/mol. The second-order valence-corrected chi connectivity index (χ2v) is 2.69. The summed E-state index contributed by atoms with van der Waals surface area (Å²) in [5.74, 6) is 0. The maximum atomic E-state index is 11.1. The van der Waals surface area contributed by atoms with Crippen molar-refractivity contribution in [3.8, 4) is 0 Å². The van der Waals surface area contributed by atoms with Crippen LogP contribution >= 0.6 is 0 Å². The first-order chi connectivity index (χ1) is 4.75. The summed E-state index contributed by atoms with van der Waals surface area (Å²) < 4.78 is 0. The molecule has 1 fully saturated rings. The van der Waals surface area contributed by atoms with Gasteiger partial charge in [-0.1, -0.05) is 6.92 Å². The molecular formula is C7H14N2O. The van der Waals surface area contributed by atoms with Gasteiger partial charge in [0.25, 0.3) is 0 Å². The van der Waals surface area contributed by atoms with Gasteiger partial charge in [-0.3, -0.25) is 0 Å². The molecule has 10 heavy (non-hydrogen) atoms. The van der Waals surface area contributed by atoms with E-state index < -0.39 is 0 Å². The molecule has 1 heterocycles. The molecule has 0 aromatic heterocycles. The van der Waals surface area contributed by atoms with Gasteiger partial charge in [-0.2, -0.15) is 0 Å². The van der Waals surface area contributed by atoms with E-state index in [0.29, 0.717) is 0 Å². The maximum absolute atomic E-state index is 11.1. The van der Waals surface area contributed by atoms with Crippen LogP contribution in [0.4, 0.5) is 4.79 Å². The Kier molecular flexibility index (Phi) is 2.14. The SMILES string of the molecule is CCCN1CCN(C)C1=O. The number of urea groups is 1. The van der Waals surface area contributed by atoms with Gasteiger partial charge >= 0.3 is 6.03 Å². The third-order valence-corrected chi connectivity index (χ3v) is 1.80. The Balaban J connectivity index is 2.41. The summed E-state index contributed by atoms with van der Waals surface area (Å²) in [5.41, 5.74) is 0. The monoisotopic (exact) mass is 142 g/mol. The topological polar surface area (TPSA) is 23.6 Å². The van der Waals surface area contributed by atoms with Crippen molar-refractivity contribution in [1.82, 2.24) is 9.80 Å². The molecule has 0 atom stereocenters. The highest BCUT2D eigenvalue weighted by Gasteiger charge is 2.23. The zero-order chi connectivity index (χ0) is 7.56. The second kappa shape index (κ2) is 2.90. The van der Waals surface area contributed by atoms with E-state index in [1.165, 1.54) is 0 Å². The van der Waals surface area contributed by atoms with Gasteiger partial charge in [-0.25, -0.2) is 4.79 Å². The lowest BCUT2D eigenvalue weighted by Gasteiger charge is -2.13. The van der Waals surface area contributed by atoms with Crippen LogP contribution in [0.5, 0.6) is 0 Å². The molecule has 0 spiro atoms. The number of nitrogens with zero attached hydrogens (tertiary/aromatic N) is 2. The number of hydrogen-bond acceptors (Lipinski definition) is 1. The van der Waals surface area contributed by atoms with Crippen LogP contribution in [0.15, 0.2) is 0 Å². The lowest BCUT2D eigenvalue weighted by Crippen LogP contribution is -2.29. The Morgan fingerprint density at radius 3 is 2.60 bits per heavy atom. The van der Waals surface area contributed by atoms with Gasteiger partial charge in [0, 0.05) is 26.7 Å². The third kappa shape index (κ3) is 1.23. The van der Waals surface area contributed by atoms with Crippen LogP contribution < -0.4 is 0 Å². The molecule has 3 nitrogen and oxygen atoms in total. The van der Waals surface area contributed by atoms with Crippen molar-refractivity contribution in [2.75, 3.05) is 26.7 Å². The van der Waals surface area contributed by atoms with Gasteiger partial charge in [0.05, 0.1) is 0 Å². The fourth-order valence-corrected chi connectivity index (χ4v) is 1.18. The number of rotatable bonds is 2. The standard InChI is InChI=1S/C7H14N2O/c1-3-4-9-6-5-8(2)7(9)10/h3-6H2,1-2H3. The highest BCUT2D eigenvalue weighted by Crippen LogP contribution is 2.05. The number of carbonyl (C=O) groups is 1. The van der Waals surface area contributed by atoms with E-state index in [-0.39, 0.29) is 6.03 Å². The zero-order valence-electron chi connectivity index (χ0n) is 6.63. The molecule has 0 aromatic rings. The van der Waals surface area contributed by atoms with E-state index in [9.17, 15) is 4.79 Å². The summed E-state index contributed by atoms with van der Waals surface area (Å²) in [6, 6.07) is 0.182. The minimum absolute atomic E-state index is 0.182. The molecule has 1 aliphatic rings. The molecule has 1 saturated heterocycles. The fourth-order valence-electron chi connectivity index (χ4n) is 1.18. The first-order valence-electron chi connectivity index (χ1n) is 3.75. The predicted octanol–water partition coefficient (Wildman–Crippen LogP) is 0.764. The van der Waals surface area contributed by atoms with Crippen molar-refractivity contribution in [3.05, 3.63) is 0 Å². The minimum Gasteiger partial charge on any atom is -0.326 e. The van der Waals surface area contributed by atoms with Crippen molar-refractivity contribution >= 4 is 6.03 Å². The van der Waals surface area contributed by atoms with Crippen molar-refractivity contribution < 1.29 is 4.79 Å². The Morgan fingerprint density at radius 1 is 1.50 bits per heavy atom. The van der Waals surface area contributed by atoms with Crippen molar-refractivity contribution in [1.29, 1.82) is 0 Å². The van der Waals surface area contributed by atoms with Crippen LogP contribution in [0.25, 0.3) is 0 Å². The van der Waals surface area contributed by atoms with E-state index in [2.05, 4.69) is 6.92 Å². The summed E-state index contributed by atoms with van der Waals surface area (Å²) in [4.78, 5) is 14.8. The molecule has 0 saturated carbocycles. The summed E-state index contributed by atoms with van der Waals surface area (Å²) >= 11 is 0. The van der Waals surface area contributed by atoms with E-state index in [0.717, 1.165) is 26.1 Å². The molecule has 0 bridgehead atoms. The molecule has 0 aliphatic carbocycles. The Labute approximate surface area is 61.6 Å². The summed E-state index contributed by atoms with van der Waals surface area (Å²) in [6.45, 7) is 4.79. The van der Waals surface area contributed by atoms with Gasteiger partial charge in [0.1, 0.15) is 0 Å². The maximum Gasteiger partial charge on any atom is 0.319 e. The molecule has 1 aliphatic heterocycles. The van der Waals surface area contributed by atoms with Crippen LogP contribution in [0.1, 0.15) is 13.3 Å². The quantitative estimate of drug-likeness (QED) is 0.558. The summed E-state index contributed by atoms with van der Waals surface area (Å²) in [7, 11) is 1.85. The Bertz CT molecular complexity index is 134. The lowest BCUT2D eigenvalue weighted by atomic mass is 10.4. The van der Waals surface area contributed by atoms with Crippen LogP contribution in [-0.4, -0.2) is 42.5 Å². The molecule has 0 aromatic carbocycles. The van der Waals surface area contributed by atoms with Gasteiger partial charge in [0.2, 0.25) is 0 Å². The number of hydrogen-bond donors (Lipinski definition) is 0.